The summed E-state index contributed by atoms with van der Waals surface area (Å²) in [6.07, 6.45) is 0. The zero-order valence-corrected chi connectivity index (χ0v) is 10.2. The normalized spacial score (nSPS) is 15.5. The Kier molecular flexibility index (Phi) is 3.38. The highest BCUT2D eigenvalue weighted by atomic mass is 16.5. The second-order valence-corrected chi connectivity index (χ2v) is 4.92. The molecule has 0 aliphatic heterocycles. The van der Waals surface area contributed by atoms with Gasteiger partial charge in [0.1, 0.15) is 0 Å². The summed E-state index contributed by atoms with van der Waals surface area (Å²) in [5.41, 5.74) is -1.17. The van der Waals surface area contributed by atoms with Crippen LogP contribution in [0.5, 0.6) is 0 Å². The summed E-state index contributed by atoms with van der Waals surface area (Å²) >= 11 is 0. The summed E-state index contributed by atoms with van der Waals surface area (Å²) in [6.45, 7) is 7.11. The van der Waals surface area contributed by atoms with Crippen molar-refractivity contribution < 1.29 is 14.6 Å². The first kappa shape index (κ1) is 12.7. The molecule has 0 fully saturated rings. The minimum atomic E-state index is -1.31. The molecule has 0 amide bonds. The molecule has 0 bridgehead atoms. The Morgan fingerprint density at radius 3 is 2.00 bits per heavy atom. The lowest BCUT2D eigenvalue weighted by Gasteiger charge is -2.33. The van der Waals surface area contributed by atoms with E-state index in [4.69, 9.17) is 4.74 Å². The van der Waals surface area contributed by atoms with Crippen LogP contribution in [0.2, 0.25) is 0 Å². The molecule has 1 atom stereocenters. The van der Waals surface area contributed by atoms with Crippen LogP contribution in [0.4, 0.5) is 0 Å². The van der Waals surface area contributed by atoms with E-state index in [1.807, 2.05) is 39.0 Å². The predicted molar refractivity (Wildman–Crippen MR) is 62.3 cm³/mol. The second kappa shape index (κ2) is 4.26. The molecule has 1 aromatic carbocycles. The standard InChI is InChI=1S/C13H18O3/c1-12(2,3)16-13(4,11(14)15)10-8-6-5-7-9-10/h5-9H,1-4H3,(H,14,15). The van der Waals surface area contributed by atoms with E-state index in [0.29, 0.717) is 5.56 Å². The molecule has 0 saturated carbocycles. The Morgan fingerprint density at radius 2 is 1.62 bits per heavy atom. The summed E-state index contributed by atoms with van der Waals surface area (Å²) in [4.78, 5) is 11.4. The first-order valence-corrected chi connectivity index (χ1v) is 5.25. The molecular weight excluding hydrogens is 204 g/mol. The minimum Gasteiger partial charge on any atom is -0.479 e. The molecule has 1 unspecified atom stereocenters. The van der Waals surface area contributed by atoms with Gasteiger partial charge in [0.15, 0.2) is 5.60 Å². The topological polar surface area (TPSA) is 46.5 Å². The summed E-state index contributed by atoms with van der Waals surface area (Å²) in [5.74, 6) is -0.978. The molecule has 3 nitrogen and oxygen atoms in total. The Hall–Kier alpha value is -1.35. The fourth-order valence-corrected chi connectivity index (χ4v) is 1.59. The largest absolute Gasteiger partial charge is 0.479 e. The van der Waals surface area contributed by atoms with Gasteiger partial charge in [-0.2, -0.15) is 0 Å². The number of ether oxygens (including phenoxy) is 1. The number of rotatable bonds is 3. The van der Waals surface area contributed by atoms with Crippen molar-refractivity contribution in [3.05, 3.63) is 35.9 Å². The molecule has 0 aromatic heterocycles. The summed E-state index contributed by atoms with van der Waals surface area (Å²) in [6, 6.07) is 8.99. The van der Waals surface area contributed by atoms with Crippen LogP contribution in [0, 0.1) is 0 Å². The van der Waals surface area contributed by atoms with Gasteiger partial charge in [-0.25, -0.2) is 4.79 Å². The number of carbonyl (C=O) groups is 1. The van der Waals surface area contributed by atoms with Crippen molar-refractivity contribution in [3.8, 4) is 0 Å². The van der Waals surface area contributed by atoms with Gasteiger partial charge in [-0.3, -0.25) is 0 Å². The third-order valence-corrected chi connectivity index (χ3v) is 2.24. The van der Waals surface area contributed by atoms with Crippen LogP contribution in [0.3, 0.4) is 0 Å². The maximum atomic E-state index is 11.4. The molecule has 1 N–H and O–H groups in total. The van der Waals surface area contributed by atoms with Crippen LogP contribution in [0.15, 0.2) is 30.3 Å². The van der Waals surface area contributed by atoms with E-state index in [0.717, 1.165) is 0 Å². The number of aliphatic carboxylic acids is 1. The number of benzene rings is 1. The lowest BCUT2D eigenvalue weighted by molar-refractivity contribution is -0.183. The SMILES string of the molecule is CC(C)(C)OC(C)(C(=O)O)c1ccccc1. The van der Waals surface area contributed by atoms with E-state index < -0.39 is 17.2 Å². The van der Waals surface area contributed by atoms with Crippen LogP contribution >= 0.6 is 0 Å². The Balaban J connectivity index is 3.13. The van der Waals surface area contributed by atoms with Crippen LogP contribution < -0.4 is 0 Å². The third kappa shape index (κ3) is 2.83. The maximum absolute atomic E-state index is 11.4. The molecule has 0 saturated heterocycles. The highest BCUT2D eigenvalue weighted by Gasteiger charge is 2.39. The first-order chi connectivity index (χ1) is 7.26. The molecule has 0 aliphatic rings. The van der Waals surface area contributed by atoms with Crippen LogP contribution in [-0.2, 0) is 15.1 Å². The Morgan fingerprint density at radius 1 is 1.12 bits per heavy atom. The monoisotopic (exact) mass is 222 g/mol. The average Bonchev–Trinajstić information content (AvgIpc) is 2.16. The number of carboxylic acids is 1. The maximum Gasteiger partial charge on any atom is 0.340 e. The van der Waals surface area contributed by atoms with Gasteiger partial charge >= 0.3 is 5.97 Å². The highest BCUT2D eigenvalue weighted by molar-refractivity contribution is 5.79. The second-order valence-electron chi connectivity index (χ2n) is 4.92. The van der Waals surface area contributed by atoms with Gasteiger partial charge in [0.2, 0.25) is 0 Å². The van der Waals surface area contributed by atoms with Crippen molar-refractivity contribution >= 4 is 5.97 Å². The third-order valence-electron chi connectivity index (χ3n) is 2.24. The van der Waals surface area contributed by atoms with Crippen molar-refractivity contribution in [3.63, 3.8) is 0 Å². The van der Waals surface area contributed by atoms with E-state index in [-0.39, 0.29) is 0 Å². The molecule has 0 spiro atoms. The van der Waals surface area contributed by atoms with Crippen LogP contribution in [0.25, 0.3) is 0 Å². The molecule has 1 aromatic rings. The summed E-state index contributed by atoms with van der Waals surface area (Å²) < 4.78 is 5.67. The van der Waals surface area contributed by atoms with Crippen LogP contribution in [0.1, 0.15) is 33.3 Å². The lowest BCUT2D eigenvalue weighted by Crippen LogP contribution is -2.41. The van der Waals surface area contributed by atoms with Crippen LogP contribution in [-0.4, -0.2) is 16.7 Å². The Bertz CT molecular complexity index is 365. The smallest absolute Gasteiger partial charge is 0.340 e. The van der Waals surface area contributed by atoms with Gasteiger partial charge in [0.25, 0.3) is 0 Å². The van der Waals surface area contributed by atoms with Crippen molar-refractivity contribution in [2.24, 2.45) is 0 Å². The fourth-order valence-electron chi connectivity index (χ4n) is 1.59. The Labute approximate surface area is 96.1 Å². The van der Waals surface area contributed by atoms with E-state index >= 15 is 0 Å². The van der Waals surface area contributed by atoms with E-state index in [1.54, 1.807) is 19.1 Å². The highest BCUT2D eigenvalue weighted by Crippen LogP contribution is 2.30. The summed E-state index contributed by atoms with van der Waals surface area (Å²) in [7, 11) is 0. The molecule has 0 heterocycles. The van der Waals surface area contributed by atoms with Gasteiger partial charge in [0.05, 0.1) is 5.60 Å². The zero-order valence-electron chi connectivity index (χ0n) is 10.2. The fraction of sp³-hybridized carbons (Fsp3) is 0.462. The molecule has 3 heteroatoms. The zero-order chi connectivity index (χ0) is 12.4. The first-order valence-electron chi connectivity index (χ1n) is 5.25. The number of hydrogen-bond donors (Lipinski definition) is 1. The lowest BCUT2D eigenvalue weighted by atomic mass is 9.94. The van der Waals surface area contributed by atoms with Gasteiger partial charge in [-0.05, 0) is 33.3 Å². The molecule has 88 valence electrons. The van der Waals surface area contributed by atoms with E-state index in [2.05, 4.69) is 0 Å². The quantitative estimate of drug-likeness (QED) is 0.855. The summed E-state index contributed by atoms with van der Waals surface area (Å²) in [5, 5.41) is 9.32. The minimum absolute atomic E-state index is 0.511. The molecule has 1 rings (SSSR count). The van der Waals surface area contributed by atoms with Gasteiger partial charge in [-0.1, -0.05) is 30.3 Å². The van der Waals surface area contributed by atoms with E-state index in [9.17, 15) is 9.90 Å². The van der Waals surface area contributed by atoms with Crippen molar-refractivity contribution in [2.75, 3.05) is 0 Å². The van der Waals surface area contributed by atoms with Gasteiger partial charge in [0, 0.05) is 0 Å². The molecule has 0 radical (unpaired) electrons. The van der Waals surface area contributed by atoms with E-state index in [1.165, 1.54) is 0 Å². The predicted octanol–water partition coefficient (Wildman–Crippen LogP) is 2.80. The number of hydrogen-bond acceptors (Lipinski definition) is 2. The average molecular weight is 222 g/mol. The van der Waals surface area contributed by atoms with Crippen molar-refractivity contribution in [2.45, 2.75) is 38.9 Å². The molecule has 0 aliphatic carbocycles. The molecular formula is C13H18O3. The van der Waals surface area contributed by atoms with Crippen molar-refractivity contribution in [1.82, 2.24) is 0 Å². The molecule has 16 heavy (non-hydrogen) atoms. The number of carboxylic acid groups (broad SMARTS) is 1. The van der Waals surface area contributed by atoms with Gasteiger partial charge in [-0.15, -0.1) is 0 Å². The van der Waals surface area contributed by atoms with Gasteiger partial charge < -0.3 is 9.84 Å². The van der Waals surface area contributed by atoms with Crippen molar-refractivity contribution in [1.29, 1.82) is 0 Å².